The molecule has 1 aromatic heterocycles. The highest BCUT2D eigenvalue weighted by Gasteiger charge is 2.45. The number of aromatic nitrogens is 1. The fourth-order valence-corrected chi connectivity index (χ4v) is 4.41. The van der Waals surface area contributed by atoms with Crippen molar-refractivity contribution in [3.8, 4) is 0 Å². The number of carbonyl (C=O) groups is 3. The zero-order valence-corrected chi connectivity index (χ0v) is 20.3. The third-order valence-corrected chi connectivity index (χ3v) is 6.94. The second-order valence-electron chi connectivity index (χ2n) is 10.1. The molecule has 2 unspecified atom stereocenters. The number of Topliss-reactive ketones (excluding diaryl/α,β-unsaturated/α-hetero) is 1. The van der Waals surface area contributed by atoms with Crippen LogP contribution in [0.15, 0.2) is 23.3 Å². The predicted molar refractivity (Wildman–Crippen MR) is 129 cm³/mol. The molecule has 4 N–H and O–H groups in total. The van der Waals surface area contributed by atoms with Gasteiger partial charge in [-0.05, 0) is 38.4 Å². The number of likely N-dealkylation sites (N-methyl/N-ethyl adjacent to an activating group) is 1. The SMILES string of the molecule is CC(=O)C(C)(C)CCNC1=NN(C)CC1NC(=O)c1cccc(N2CC3(CCNC3)NC2=O)n1. The van der Waals surface area contributed by atoms with E-state index in [1.807, 2.05) is 20.9 Å². The summed E-state index contributed by atoms with van der Waals surface area (Å²) in [5.74, 6) is 0.909. The van der Waals surface area contributed by atoms with E-state index in [-0.39, 0.29) is 35.0 Å². The number of hydrogen-bond acceptors (Lipinski definition) is 8. The van der Waals surface area contributed by atoms with Gasteiger partial charge in [0.1, 0.15) is 29.2 Å². The molecule has 0 aliphatic carbocycles. The van der Waals surface area contributed by atoms with Crippen molar-refractivity contribution in [2.24, 2.45) is 10.5 Å². The van der Waals surface area contributed by atoms with Crippen molar-refractivity contribution in [1.82, 2.24) is 31.3 Å². The summed E-state index contributed by atoms with van der Waals surface area (Å²) >= 11 is 0. The first-order valence-corrected chi connectivity index (χ1v) is 11.7. The number of rotatable bonds is 7. The molecule has 2 atom stereocenters. The minimum atomic E-state index is -0.420. The van der Waals surface area contributed by atoms with Gasteiger partial charge >= 0.3 is 6.03 Å². The second kappa shape index (κ2) is 9.21. The number of anilines is 1. The summed E-state index contributed by atoms with van der Waals surface area (Å²) in [6, 6.07) is 4.59. The van der Waals surface area contributed by atoms with Crippen molar-refractivity contribution >= 4 is 29.4 Å². The molecule has 1 aromatic rings. The topological polar surface area (TPSA) is 131 Å². The lowest BCUT2D eigenvalue weighted by Crippen LogP contribution is -2.48. The zero-order chi connectivity index (χ0) is 24.5. The van der Waals surface area contributed by atoms with Crippen LogP contribution in [0.1, 0.15) is 44.1 Å². The van der Waals surface area contributed by atoms with E-state index in [0.717, 1.165) is 19.5 Å². The maximum absolute atomic E-state index is 13.0. The molecule has 4 rings (SSSR count). The van der Waals surface area contributed by atoms with Crippen LogP contribution < -0.4 is 26.2 Å². The molecule has 34 heavy (non-hydrogen) atoms. The summed E-state index contributed by atoms with van der Waals surface area (Å²) in [4.78, 5) is 43.5. The molecule has 3 amide bonds. The number of urea groups is 1. The Bertz CT molecular complexity index is 1000. The standard InChI is InChI=1S/C23H34N8O3/c1-15(32)22(2,3)8-11-25-19-17(12-30(4)29-19)27-20(33)16-6-5-7-18(26-16)31-14-23(28-21(31)34)9-10-24-13-23/h5-7,17,24H,8-14H2,1-4H3,(H,25,29)(H,27,33)(H,28,34). The Morgan fingerprint density at radius 1 is 1.32 bits per heavy atom. The van der Waals surface area contributed by atoms with Crippen molar-refractivity contribution in [3.05, 3.63) is 23.9 Å². The number of nitrogens with one attached hydrogen (secondary N) is 4. The number of pyridine rings is 1. The van der Waals surface area contributed by atoms with Gasteiger partial charge in [-0.3, -0.25) is 19.5 Å². The maximum Gasteiger partial charge on any atom is 0.323 e. The molecule has 0 aromatic carbocycles. The lowest BCUT2D eigenvalue weighted by Gasteiger charge is -2.22. The molecule has 1 spiro atoms. The third kappa shape index (κ3) is 4.98. The quantitative estimate of drug-likeness (QED) is 0.451. The number of hydrazone groups is 1. The molecule has 0 bridgehead atoms. The number of hydrogen-bond donors (Lipinski definition) is 4. The van der Waals surface area contributed by atoms with Crippen molar-refractivity contribution in [3.63, 3.8) is 0 Å². The molecule has 184 valence electrons. The highest BCUT2D eigenvalue weighted by Crippen LogP contribution is 2.26. The molecule has 0 saturated carbocycles. The van der Waals surface area contributed by atoms with Crippen molar-refractivity contribution < 1.29 is 14.4 Å². The Hall–Kier alpha value is -3.21. The minimum Gasteiger partial charge on any atom is -0.370 e. The molecule has 11 heteroatoms. The largest absolute Gasteiger partial charge is 0.370 e. The first-order chi connectivity index (χ1) is 16.1. The Morgan fingerprint density at radius 2 is 2.12 bits per heavy atom. The monoisotopic (exact) mass is 470 g/mol. The summed E-state index contributed by atoms with van der Waals surface area (Å²) in [5.41, 5.74) is -0.460. The van der Waals surface area contributed by atoms with Crippen LogP contribution in [0.4, 0.5) is 10.6 Å². The van der Waals surface area contributed by atoms with Crippen LogP contribution in [0, 0.1) is 5.41 Å². The van der Waals surface area contributed by atoms with Crippen molar-refractivity contribution in [1.29, 1.82) is 0 Å². The Labute approximate surface area is 199 Å². The molecular formula is C23H34N8O3. The smallest absolute Gasteiger partial charge is 0.323 e. The van der Waals surface area contributed by atoms with Gasteiger partial charge in [-0.2, -0.15) is 5.10 Å². The van der Waals surface area contributed by atoms with E-state index in [4.69, 9.17) is 0 Å². The lowest BCUT2D eigenvalue weighted by molar-refractivity contribution is -0.125. The zero-order valence-electron chi connectivity index (χ0n) is 20.3. The van der Waals surface area contributed by atoms with Crippen molar-refractivity contribution in [2.45, 2.75) is 45.2 Å². The van der Waals surface area contributed by atoms with Crippen LogP contribution >= 0.6 is 0 Å². The second-order valence-corrected chi connectivity index (χ2v) is 10.1. The van der Waals surface area contributed by atoms with Crippen LogP contribution in [0.5, 0.6) is 0 Å². The van der Waals surface area contributed by atoms with Gasteiger partial charge < -0.3 is 21.3 Å². The fraction of sp³-hybridized carbons (Fsp3) is 0.609. The van der Waals surface area contributed by atoms with E-state index in [1.165, 1.54) is 0 Å². The predicted octanol–water partition coefficient (Wildman–Crippen LogP) is 0.296. The summed E-state index contributed by atoms with van der Waals surface area (Å²) in [6.07, 6.45) is 1.52. The van der Waals surface area contributed by atoms with Gasteiger partial charge in [0.25, 0.3) is 5.91 Å². The van der Waals surface area contributed by atoms with E-state index < -0.39 is 5.41 Å². The number of ketones is 1. The summed E-state index contributed by atoms with van der Waals surface area (Å²) < 4.78 is 0. The van der Waals surface area contributed by atoms with Crippen molar-refractivity contribution in [2.75, 3.05) is 44.7 Å². The van der Waals surface area contributed by atoms with E-state index >= 15 is 0 Å². The number of carbonyl (C=O) groups excluding carboxylic acids is 3. The van der Waals surface area contributed by atoms with E-state index in [1.54, 1.807) is 35.0 Å². The van der Waals surface area contributed by atoms with E-state index in [2.05, 4.69) is 31.4 Å². The Balaban J connectivity index is 1.39. The van der Waals surface area contributed by atoms with Gasteiger partial charge in [-0.25, -0.2) is 9.78 Å². The van der Waals surface area contributed by atoms with Crippen LogP contribution in [0.3, 0.4) is 0 Å². The number of nitrogens with zero attached hydrogens (tertiary/aromatic N) is 4. The van der Waals surface area contributed by atoms with Gasteiger partial charge in [0.05, 0.1) is 18.6 Å². The van der Waals surface area contributed by atoms with E-state index in [9.17, 15) is 14.4 Å². The van der Waals surface area contributed by atoms with Crippen LogP contribution in [-0.2, 0) is 4.79 Å². The summed E-state index contributed by atoms with van der Waals surface area (Å²) in [7, 11) is 1.84. The number of amides is 3. The van der Waals surface area contributed by atoms with Crippen LogP contribution in [0.2, 0.25) is 0 Å². The van der Waals surface area contributed by atoms with Crippen LogP contribution in [0.25, 0.3) is 0 Å². The average molecular weight is 471 g/mol. The van der Waals surface area contributed by atoms with Gasteiger partial charge in [0.15, 0.2) is 0 Å². The maximum atomic E-state index is 13.0. The van der Waals surface area contributed by atoms with Gasteiger partial charge in [0.2, 0.25) is 0 Å². The third-order valence-electron chi connectivity index (χ3n) is 6.94. The van der Waals surface area contributed by atoms with E-state index in [0.29, 0.717) is 37.7 Å². The highest BCUT2D eigenvalue weighted by molar-refractivity contribution is 5.99. The fourth-order valence-electron chi connectivity index (χ4n) is 4.41. The highest BCUT2D eigenvalue weighted by atomic mass is 16.2. The molecule has 4 heterocycles. The normalized spacial score (nSPS) is 24.4. The average Bonchev–Trinajstić information content (AvgIpc) is 3.47. The molecule has 0 radical (unpaired) electrons. The minimum absolute atomic E-state index is 0.136. The number of amidine groups is 1. The molecule has 3 aliphatic heterocycles. The first-order valence-electron chi connectivity index (χ1n) is 11.7. The Morgan fingerprint density at radius 3 is 2.82 bits per heavy atom. The molecule has 2 fully saturated rings. The first kappa shape index (κ1) is 23.9. The Kier molecular flexibility index (Phi) is 6.48. The van der Waals surface area contributed by atoms with Gasteiger partial charge in [-0.15, -0.1) is 0 Å². The summed E-state index contributed by atoms with van der Waals surface area (Å²) in [6.45, 7) is 8.64. The van der Waals surface area contributed by atoms with Gasteiger partial charge in [0, 0.05) is 25.6 Å². The summed E-state index contributed by atoms with van der Waals surface area (Å²) in [5, 5.41) is 18.8. The van der Waals surface area contributed by atoms with Gasteiger partial charge in [-0.1, -0.05) is 19.9 Å². The molecule has 11 nitrogen and oxygen atoms in total. The molecular weight excluding hydrogens is 436 g/mol. The molecule has 3 aliphatic rings. The molecule has 2 saturated heterocycles. The lowest BCUT2D eigenvalue weighted by atomic mass is 9.85. The van der Waals surface area contributed by atoms with Crippen LogP contribution in [-0.4, -0.2) is 84.9 Å².